The smallest absolute Gasteiger partial charge is 0.133 e. The van der Waals surface area contributed by atoms with Gasteiger partial charge in [0.05, 0.1) is 18.4 Å². The summed E-state index contributed by atoms with van der Waals surface area (Å²) < 4.78 is 5.37. The van der Waals surface area contributed by atoms with Crippen LogP contribution >= 0.6 is 22.9 Å². The first-order valence-electron chi connectivity index (χ1n) is 7.25. The standard InChI is InChI=1S/C18H16ClN3OS/c1-10-3-6-15(24-10)13-7-8-22-18(21)16(13)17(20)12-5-4-11(19)9-14(12)23-2/h3-9,20H,1-2H3,(H2,21,22). The lowest BCUT2D eigenvalue weighted by Crippen LogP contribution is -2.10. The Balaban J connectivity index is 2.18. The van der Waals surface area contributed by atoms with Crippen molar-refractivity contribution in [2.45, 2.75) is 6.92 Å². The van der Waals surface area contributed by atoms with Crippen LogP contribution in [0, 0.1) is 12.3 Å². The van der Waals surface area contributed by atoms with Crippen molar-refractivity contribution in [3.8, 4) is 16.2 Å². The lowest BCUT2D eigenvalue weighted by atomic mass is 9.97. The van der Waals surface area contributed by atoms with Crippen molar-refractivity contribution in [1.82, 2.24) is 4.98 Å². The van der Waals surface area contributed by atoms with E-state index < -0.39 is 0 Å². The SMILES string of the molecule is COc1cc(Cl)ccc1C(=N)c1c(-c2ccc(C)s2)ccnc1N. The second-order valence-electron chi connectivity index (χ2n) is 5.25. The number of hydrogen-bond acceptors (Lipinski definition) is 5. The highest BCUT2D eigenvalue weighted by molar-refractivity contribution is 7.15. The van der Waals surface area contributed by atoms with Crippen LogP contribution < -0.4 is 10.5 Å². The van der Waals surface area contributed by atoms with Crippen molar-refractivity contribution < 1.29 is 4.74 Å². The van der Waals surface area contributed by atoms with Gasteiger partial charge < -0.3 is 10.5 Å². The molecule has 3 aromatic rings. The summed E-state index contributed by atoms with van der Waals surface area (Å²) in [6, 6.07) is 11.1. The van der Waals surface area contributed by atoms with E-state index in [-0.39, 0.29) is 5.71 Å². The van der Waals surface area contributed by atoms with Crippen LogP contribution in [0.15, 0.2) is 42.6 Å². The van der Waals surface area contributed by atoms with Gasteiger partial charge in [0.15, 0.2) is 0 Å². The van der Waals surface area contributed by atoms with Crippen molar-refractivity contribution in [3.05, 3.63) is 63.6 Å². The minimum atomic E-state index is 0.259. The Kier molecular flexibility index (Phi) is 4.55. The van der Waals surface area contributed by atoms with E-state index in [0.717, 1.165) is 10.4 Å². The third kappa shape index (κ3) is 3.00. The second-order valence-corrected chi connectivity index (χ2v) is 6.97. The summed E-state index contributed by atoms with van der Waals surface area (Å²) in [7, 11) is 1.55. The molecule has 3 N–H and O–H groups in total. The van der Waals surface area contributed by atoms with Crippen LogP contribution in [0.3, 0.4) is 0 Å². The first kappa shape index (κ1) is 16.5. The fourth-order valence-corrected chi connectivity index (χ4v) is 3.59. The summed E-state index contributed by atoms with van der Waals surface area (Å²) in [5.41, 5.74) is 8.48. The largest absolute Gasteiger partial charge is 0.496 e. The maximum absolute atomic E-state index is 8.68. The number of benzene rings is 1. The molecule has 122 valence electrons. The van der Waals surface area contributed by atoms with Gasteiger partial charge in [0, 0.05) is 32.1 Å². The number of aromatic nitrogens is 1. The van der Waals surface area contributed by atoms with Gasteiger partial charge >= 0.3 is 0 Å². The number of nitrogens with two attached hydrogens (primary N) is 1. The summed E-state index contributed by atoms with van der Waals surface area (Å²) in [5, 5.41) is 9.24. The third-order valence-corrected chi connectivity index (χ3v) is 4.94. The average Bonchev–Trinajstić information content (AvgIpc) is 3.00. The van der Waals surface area contributed by atoms with Crippen LogP contribution in [-0.2, 0) is 0 Å². The molecule has 0 saturated heterocycles. The maximum atomic E-state index is 8.68. The van der Waals surface area contributed by atoms with Crippen LogP contribution in [-0.4, -0.2) is 17.8 Å². The topological polar surface area (TPSA) is 72.0 Å². The van der Waals surface area contributed by atoms with E-state index in [1.54, 1.807) is 42.8 Å². The average molecular weight is 358 g/mol. The van der Waals surface area contributed by atoms with Gasteiger partial charge in [-0.15, -0.1) is 11.3 Å². The first-order valence-corrected chi connectivity index (χ1v) is 8.45. The van der Waals surface area contributed by atoms with Crippen molar-refractivity contribution in [3.63, 3.8) is 0 Å². The van der Waals surface area contributed by atoms with E-state index in [1.807, 2.05) is 25.1 Å². The maximum Gasteiger partial charge on any atom is 0.133 e. The molecule has 2 heterocycles. The molecule has 24 heavy (non-hydrogen) atoms. The van der Waals surface area contributed by atoms with Crippen molar-refractivity contribution in [1.29, 1.82) is 5.41 Å². The van der Waals surface area contributed by atoms with Crippen LogP contribution in [0.2, 0.25) is 5.02 Å². The zero-order valence-corrected chi connectivity index (χ0v) is 14.8. The molecule has 3 rings (SSSR count). The fraction of sp³-hybridized carbons (Fsp3) is 0.111. The lowest BCUT2D eigenvalue weighted by Gasteiger charge is -2.14. The normalized spacial score (nSPS) is 10.6. The Bertz CT molecular complexity index is 920. The molecule has 0 aliphatic rings. The van der Waals surface area contributed by atoms with E-state index in [4.69, 9.17) is 27.5 Å². The Morgan fingerprint density at radius 1 is 1.25 bits per heavy atom. The van der Waals surface area contributed by atoms with Gasteiger partial charge in [-0.05, 0) is 43.3 Å². The quantitative estimate of drug-likeness (QED) is 0.660. The molecule has 1 aromatic carbocycles. The number of nitrogens with zero attached hydrogens (tertiary/aromatic N) is 1. The highest BCUT2D eigenvalue weighted by Crippen LogP contribution is 2.35. The fourth-order valence-electron chi connectivity index (χ4n) is 2.53. The number of ether oxygens (including phenoxy) is 1. The van der Waals surface area contributed by atoms with Gasteiger partial charge in [0.25, 0.3) is 0 Å². The molecule has 0 unspecified atom stereocenters. The van der Waals surface area contributed by atoms with Gasteiger partial charge in [-0.2, -0.15) is 0 Å². The van der Waals surface area contributed by atoms with E-state index >= 15 is 0 Å². The molecule has 0 aliphatic carbocycles. The summed E-state index contributed by atoms with van der Waals surface area (Å²) in [6.07, 6.45) is 1.66. The molecule has 2 aromatic heterocycles. The van der Waals surface area contributed by atoms with Gasteiger partial charge in [-0.25, -0.2) is 4.98 Å². The van der Waals surface area contributed by atoms with Crippen molar-refractivity contribution in [2.75, 3.05) is 12.8 Å². The number of nitrogens with one attached hydrogen (secondary N) is 1. The van der Waals surface area contributed by atoms with E-state index in [1.165, 1.54) is 4.88 Å². The van der Waals surface area contributed by atoms with Crippen LogP contribution in [0.1, 0.15) is 16.0 Å². The molecular weight excluding hydrogens is 342 g/mol. The van der Waals surface area contributed by atoms with E-state index in [0.29, 0.717) is 27.7 Å². The summed E-state index contributed by atoms with van der Waals surface area (Å²) in [6.45, 7) is 2.05. The van der Waals surface area contributed by atoms with Crippen molar-refractivity contribution >= 4 is 34.5 Å². The van der Waals surface area contributed by atoms with Gasteiger partial charge in [0.1, 0.15) is 11.6 Å². The molecule has 0 radical (unpaired) electrons. The summed E-state index contributed by atoms with van der Waals surface area (Å²) >= 11 is 7.68. The number of halogens is 1. The molecule has 0 amide bonds. The zero-order valence-electron chi connectivity index (χ0n) is 13.3. The molecule has 0 saturated carbocycles. The number of anilines is 1. The van der Waals surface area contributed by atoms with Gasteiger partial charge in [-0.3, -0.25) is 5.41 Å². The highest BCUT2D eigenvalue weighted by atomic mass is 35.5. The Morgan fingerprint density at radius 3 is 2.71 bits per heavy atom. The molecule has 6 heteroatoms. The minimum Gasteiger partial charge on any atom is -0.496 e. The predicted molar refractivity (Wildman–Crippen MR) is 101 cm³/mol. The van der Waals surface area contributed by atoms with Crippen molar-refractivity contribution in [2.24, 2.45) is 0 Å². The number of methoxy groups -OCH3 is 1. The van der Waals surface area contributed by atoms with E-state index in [2.05, 4.69) is 4.98 Å². The van der Waals surface area contributed by atoms with Crippen LogP contribution in [0.25, 0.3) is 10.4 Å². The first-order chi connectivity index (χ1) is 11.5. The number of rotatable bonds is 4. The minimum absolute atomic E-state index is 0.259. The number of thiophene rings is 1. The highest BCUT2D eigenvalue weighted by Gasteiger charge is 2.19. The number of aryl methyl sites for hydroxylation is 1. The molecule has 4 nitrogen and oxygen atoms in total. The lowest BCUT2D eigenvalue weighted by molar-refractivity contribution is 0.414. The Labute approximate surface area is 149 Å². The molecule has 0 spiro atoms. The molecular formula is C18H16ClN3OS. The molecule has 0 fully saturated rings. The van der Waals surface area contributed by atoms with Gasteiger partial charge in [0.2, 0.25) is 0 Å². The molecule has 0 bridgehead atoms. The third-order valence-electron chi connectivity index (χ3n) is 3.67. The zero-order chi connectivity index (χ0) is 17.3. The van der Waals surface area contributed by atoms with E-state index in [9.17, 15) is 0 Å². The summed E-state index contributed by atoms with van der Waals surface area (Å²) in [4.78, 5) is 6.41. The monoisotopic (exact) mass is 357 g/mol. The van der Waals surface area contributed by atoms with Gasteiger partial charge in [-0.1, -0.05) is 11.6 Å². The molecule has 0 atom stereocenters. The number of pyridine rings is 1. The Hall–Kier alpha value is -2.37. The number of hydrogen-bond donors (Lipinski definition) is 2. The van der Waals surface area contributed by atoms with Crippen LogP contribution in [0.4, 0.5) is 5.82 Å². The Morgan fingerprint density at radius 2 is 2.04 bits per heavy atom. The van der Waals surface area contributed by atoms with Crippen LogP contribution in [0.5, 0.6) is 5.75 Å². The summed E-state index contributed by atoms with van der Waals surface area (Å²) in [5.74, 6) is 0.851. The molecule has 0 aliphatic heterocycles. The second kappa shape index (κ2) is 6.63. The number of nitrogen functional groups attached to an aromatic ring is 1. The predicted octanol–water partition coefficient (Wildman–Crippen LogP) is 4.78.